The van der Waals surface area contributed by atoms with Crippen LogP contribution in [0.15, 0.2) is 28.8 Å². The predicted molar refractivity (Wildman–Crippen MR) is 74.3 cm³/mol. The summed E-state index contributed by atoms with van der Waals surface area (Å²) in [5.74, 6) is 1.47. The van der Waals surface area contributed by atoms with Crippen molar-refractivity contribution in [1.29, 1.82) is 0 Å². The molecule has 0 unspecified atom stereocenters. The molecule has 1 aliphatic carbocycles. The molecule has 1 aromatic heterocycles. The fourth-order valence-electron chi connectivity index (χ4n) is 2.28. The molecule has 1 aromatic carbocycles. The molecule has 0 atom stereocenters. The fraction of sp³-hybridized carbons (Fsp3) is 0.400. The van der Waals surface area contributed by atoms with Gasteiger partial charge in [0.1, 0.15) is 0 Å². The second kappa shape index (κ2) is 5.45. The zero-order valence-electron chi connectivity index (χ0n) is 11.4. The first kappa shape index (κ1) is 12.8. The van der Waals surface area contributed by atoms with Crippen LogP contribution in [0, 0.1) is 12.8 Å². The minimum Gasteiger partial charge on any atom is -0.339 e. The Morgan fingerprint density at radius 1 is 1.40 bits per heavy atom. The lowest BCUT2D eigenvalue weighted by Gasteiger charge is -2.24. The van der Waals surface area contributed by atoms with Crippen LogP contribution in [0.4, 0.5) is 5.69 Å². The standard InChI is InChI=1S/C15H17N3O2/c1-10-16-14(20-18-10)9-12-5-2-3-8-13(12)17-15(19)11-6-4-7-11/h2-3,5,8,11H,4,6-7,9H2,1H3,(H,17,19). The van der Waals surface area contributed by atoms with Crippen LogP contribution in [0.5, 0.6) is 0 Å². The van der Waals surface area contributed by atoms with Gasteiger partial charge in [-0.05, 0) is 31.4 Å². The second-order valence-corrected chi connectivity index (χ2v) is 5.19. The topological polar surface area (TPSA) is 68.0 Å². The highest BCUT2D eigenvalue weighted by molar-refractivity contribution is 5.93. The Kier molecular flexibility index (Phi) is 3.50. The SMILES string of the molecule is Cc1noc(Cc2ccccc2NC(=O)C2CCC2)n1. The number of benzene rings is 1. The minimum absolute atomic E-state index is 0.116. The van der Waals surface area contributed by atoms with Crippen LogP contribution < -0.4 is 5.32 Å². The van der Waals surface area contributed by atoms with Crippen LogP contribution in [0.2, 0.25) is 0 Å². The maximum absolute atomic E-state index is 12.0. The Balaban J connectivity index is 1.75. The van der Waals surface area contributed by atoms with Crippen LogP contribution in [0.3, 0.4) is 0 Å². The van der Waals surface area contributed by atoms with E-state index in [0.717, 1.165) is 30.5 Å². The first-order valence-corrected chi connectivity index (χ1v) is 6.90. The molecule has 1 amide bonds. The molecule has 0 spiro atoms. The van der Waals surface area contributed by atoms with E-state index in [9.17, 15) is 4.79 Å². The number of carbonyl (C=O) groups is 1. The van der Waals surface area contributed by atoms with Crippen LogP contribution in [-0.4, -0.2) is 16.0 Å². The van der Waals surface area contributed by atoms with Gasteiger partial charge in [-0.2, -0.15) is 4.98 Å². The molecule has 20 heavy (non-hydrogen) atoms. The Morgan fingerprint density at radius 3 is 2.85 bits per heavy atom. The average molecular weight is 271 g/mol. The number of nitrogens with zero attached hydrogens (tertiary/aromatic N) is 2. The lowest BCUT2D eigenvalue weighted by atomic mass is 9.84. The third-order valence-corrected chi connectivity index (χ3v) is 3.66. The van der Waals surface area contributed by atoms with Gasteiger partial charge >= 0.3 is 0 Å². The summed E-state index contributed by atoms with van der Waals surface area (Å²) in [5, 5.41) is 6.79. The molecule has 2 aromatic rings. The van der Waals surface area contributed by atoms with Crippen molar-refractivity contribution in [2.45, 2.75) is 32.6 Å². The normalized spacial score (nSPS) is 14.8. The summed E-state index contributed by atoms with van der Waals surface area (Å²) in [6, 6.07) is 7.74. The van der Waals surface area contributed by atoms with Crippen molar-refractivity contribution in [2.75, 3.05) is 5.32 Å². The summed E-state index contributed by atoms with van der Waals surface area (Å²) in [6.45, 7) is 1.79. The molecule has 1 aliphatic rings. The van der Waals surface area contributed by atoms with Crippen molar-refractivity contribution in [1.82, 2.24) is 10.1 Å². The van der Waals surface area contributed by atoms with Crippen LogP contribution in [0.1, 0.15) is 36.5 Å². The smallest absolute Gasteiger partial charge is 0.231 e. The summed E-state index contributed by atoms with van der Waals surface area (Å²) in [5.41, 5.74) is 1.82. The highest BCUT2D eigenvalue weighted by Gasteiger charge is 2.25. The zero-order chi connectivity index (χ0) is 13.9. The highest BCUT2D eigenvalue weighted by atomic mass is 16.5. The van der Waals surface area contributed by atoms with E-state index in [-0.39, 0.29) is 11.8 Å². The molecule has 5 heteroatoms. The maximum Gasteiger partial charge on any atom is 0.231 e. The number of aryl methyl sites for hydroxylation is 1. The molecular formula is C15H17N3O2. The third kappa shape index (κ3) is 2.71. The largest absolute Gasteiger partial charge is 0.339 e. The number of carbonyl (C=O) groups excluding carboxylic acids is 1. The van der Waals surface area contributed by atoms with Gasteiger partial charge in [-0.25, -0.2) is 0 Å². The van der Waals surface area contributed by atoms with E-state index < -0.39 is 0 Å². The number of rotatable bonds is 4. The van der Waals surface area contributed by atoms with Gasteiger partial charge in [0.2, 0.25) is 11.8 Å². The molecule has 0 aliphatic heterocycles. The molecule has 104 valence electrons. The fourth-order valence-corrected chi connectivity index (χ4v) is 2.28. The lowest BCUT2D eigenvalue weighted by molar-refractivity contribution is -0.122. The Bertz CT molecular complexity index is 617. The van der Waals surface area contributed by atoms with E-state index in [0.29, 0.717) is 18.1 Å². The van der Waals surface area contributed by atoms with Gasteiger partial charge < -0.3 is 9.84 Å². The van der Waals surface area contributed by atoms with E-state index in [1.165, 1.54) is 0 Å². The molecule has 1 N–H and O–H groups in total. The Morgan fingerprint density at radius 2 is 2.20 bits per heavy atom. The van der Waals surface area contributed by atoms with Crippen molar-refractivity contribution in [3.63, 3.8) is 0 Å². The molecule has 5 nitrogen and oxygen atoms in total. The van der Waals surface area contributed by atoms with Crippen LogP contribution in [-0.2, 0) is 11.2 Å². The summed E-state index contributed by atoms with van der Waals surface area (Å²) in [6.07, 6.45) is 3.68. The summed E-state index contributed by atoms with van der Waals surface area (Å²) in [7, 11) is 0. The minimum atomic E-state index is 0.116. The van der Waals surface area contributed by atoms with Gasteiger partial charge in [-0.1, -0.05) is 29.8 Å². The quantitative estimate of drug-likeness (QED) is 0.928. The van der Waals surface area contributed by atoms with Gasteiger partial charge in [-0.15, -0.1) is 0 Å². The van der Waals surface area contributed by atoms with Crippen molar-refractivity contribution in [3.05, 3.63) is 41.5 Å². The Hall–Kier alpha value is -2.17. The number of para-hydroxylation sites is 1. The molecule has 1 saturated carbocycles. The van der Waals surface area contributed by atoms with Gasteiger partial charge in [-0.3, -0.25) is 4.79 Å². The van der Waals surface area contributed by atoms with E-state index in [4.69, 9.17) is 4.52 Å². The summed E-state index contributed by atoms with van der Waals surface area (Å²) >= 11 is 0. The monoisotopic (exact) mass is 271 g/mol. The van der Waals surface area contributed by atoms with E-state index in [2.05, 4.69) is 15.5 Å². The molecule has 0 saturated heterocycles. The first-order valence-electron chi connectivity index (χ1n) is 6.90. The van der Waals surface area contributed by atoms with Crippen LogP contribution >= 0.6 is 0 Å². The number of hydrogen-bond donors (Lipinski definition) is 1. The third-order valence-electron chi connectivity index (χ3n) is 3.66. The van der Waals surface area contributed by atoms with Gasteiger partial charge in [0.15, 0.2) is 5.82 Å². The zero-order valence-corrected chi connectivity index (χ0v) is 11.4. The first-order chi connectivity index (χ1) is 9.72. The summed E-state index contributed by atoms with van der Waals surface area (Å²) < 4.78 is 5.13. The number of nitrogens with one attached hydrogen (secondary N) is 1. The van der Waals surface area contributed by atoms with Crippen molar-refractivity contribution in [2.24, 2.45) is 5.92 Å². The van der Waals surface area contributed by atoms with Crippen molar-refractivity contribution < 1.29 is 9.32 Å². The van der Waals surface area contributed by atoms with Crippen LogP contribution in [0.25, 0.3) is 0 Å². The lowest BCUT2D eigenvalue weighted by Crippen LogP contribution is -2.28. The summed E-state index contributed by atoms with van der Waals surface area (Å²) in [4.78, 5) is 16.2. The molecule has 0 bridgehead atoms. The Labute approximate surface area is 117 Å². The highest BCUT2D eigenvalue weighted by Crippen LogP contribution is 2.28. The second-order valence-electron chi connectivity index (χ2n) is 5.19. The number of hydrogen-bond acceptors (Lipinski definition) is 4. The predicted octanol–water partition coefficient (Wildman–Crippen LogP) is 2.71. The van der Waals surface area contributed by atoms with E-state index >= 15 is 0 Å². The van der Waals surface area contributed by atoms with E-state index in [1.807, 2.05) is 24.3 Å². The molecule has 1 heterocycles. The number of amides is 1. The molecular weight excluding hydrogens is 254 g/mol. The molecule has 0 radical (unpaired) electrons. The van der Waals surface area contributed by atoms with Gasteiger partial charge in [0.05, 0.1) is 6.42 Å². The molecule has 1 fully saturated rings. The van der Waals surface area contributed by atoms with Gasteiger partial charge in [0.25, 0.3) is 0 Å². The number of anilines is 1. The van der Waals surface area contributed by atoms with E-state index in [1.54, 1.807) is 6.92 Å². The van der Waals surface area contributed by atoms with Gasteiger partial charge in [0, 0.05) is 11.6 Å². The average Bonchev–Trinajstić information content (AvgIpc) is 2.75. The van der Waals surface area contributed by atoms with Crippen molar-refractivity contribution in [3.8, 4) is 0 Å². The van der Waals surface area contributed by atoms with Crippen molar-refractivity contribution >= 4 is 11.6 Å². The number of aromatic nitrogens is 2. The maximum atomic E-state index is 12.0. The molecule has 3 rings (SSSR count).